The van der Waals surface area contributed by atoms with E-state index >= 15 is 0 Å². The van der Waals surface area contributed by atoms with Crippen molar-refractivity contribution < 1.29 is 14.3 Å². The minimum absolute atomic E-state index is 0.184. The Kier molecular flexibility index (Phi) is 6.37. The fourth-order valence-corrected chi connectivity index (χ4v) is 2.19. The summed E-state index contributed by atoms with van der Waals surface area (Å²) >= 11 is 0. The molecule has 5 nitrogen and oxygen atoms in total. The van der Waals surface area contributed by atoms with E-state index in [4.69, 9.17) is 4.74 Å². The van der Waals surface area contributed by atoms with Crippen LogP contribution in [0.5, 0.6) is 5.75 Å². The van der Waals surface area contributed by atoms with Gasteiger partial charge in [-0.15, -0.1) is 0 Å². The van der Waals surface area contributed by atoms with E-state index in [1.165, 1.54) is 0 Å². The number of carbonyl (C=O) groups is 2. The molecular weight excluding hydrogens is 304 g/mol. The summed E-state index contributed by atoms with van der Waals surface area (Å²) in [6.07, 6.45) is 0.520. The van der Waals surface area contributed by atoms with Gasteiger partial charge < -0.3 is 15.4 Å². The maximum absolute atomic E-state index is 11.8. The van der Waals surface area contributed by atoms with Crippen molar-refractivity contribution in [2.75, 3.05) is 19.0 Å². The van der Waals surface area contributed by atoms with Crippen LogP contribution in [0.25, 0.3) is 0 Å². The third kappa shape index (κ3) is 5.76. The second-order valence-electron chi connectivity index (χ2n) is 5.54. The molecule has 0 bridgehead atoms. The lowest BCUT2D eigenvalue weighted by Gasteiger charge is -2.07. The highest BCUT2D eigenvalue weighted by molar-refractivity contribution is 6.03. The summed E-state index contributed by atoms with van der Waals surface area (Å²) < 4.78 is 5.10. The van der Waals surface area contributed by atoms with Gasteiger partial charge in [0.2, 0.25) is 11.8 Å². The number of amides is 2. The monoisotopic (exact) mass is 326 g/mol. The van der Waals surface area contributed by atoms with Crippen LogP contribution in [0.4, 0.5) is 5.69 Å². The molecule has 2 aromatic carbocycles. The number of rotatable bonds is 7. The maximum atomic E-state index is 11.8. The van der Waals surface area contributed by atoms with Crippen LogP contribution in [0.1, 0.15) is 17.5 Å². The van der Waals surface area contributed by atoms with Gasteiger partial charge in [-0.1, -0.05) is 29.8 Å². The Morgan fingerprint density at radius 1 is 0.958 bits per heavy atom. The van der Waals surface area contributed by atoms with E-state index in [-0.39, 0.29) is 18.2 Å². The van der Waals surface area contributed by atoms with E-state index in [1.807, 2.05) is 55.5 Å². The quantitative estimate of drug-likeness (QED) is 0.769. The third-order valence-electron chi connectivity index (χ3n) is 3.55. The van der Waals surface area contributed by atoms with Crippen LogP contribution in [0.2, 0.25) is 0 Å². The molecule has 126 valence electrons. The van der Waals surface area contributed by atoms with Gasteiger partial charge in [0.1, 0.15) is 12.2 Å². The van der Waals surface area contributed by atoms with Gasteiger partial charge in [0.25, 0.3) is 0 Å². The molecule has 5 heteroatoms. The van der Waals surface area contributed by atoms with E-state index in [0.717, 1.165) is 16.9 Å². The number of benzene rings is 2. The zero-order valence-corrected chi connectivity index (χ0v) is 14.0. The van der Waals surface area contributed by atoms with E-state index in [9.17, 15) is 9.59 Å². The van der Waals surface area contributed by atoms with Gasteiger partial charge in [0, 0.05) is 12.2 Å². The van der Waals surface area contributed by atoms with Crippen LogP contribution < -0.4 is 15.4 Å². The Hall–Kier alpha value is -2.82. The van der Waals surface area contributed by atoms with Crippen LogP contribution in [0.15, 0.2) is 48.5 Å². The Balaban J connectivity index is 1.70. The lowest BCUT2D eigenvalue weighted by molar-refractivity contribution is -0.126. The average Bonchev–Trinajstić information content (AvgIpc) is 2.57. The Labute approximate surface area is 142 Å². The minimum atomic E-state index is -0.319. The van der Waals surface area contributed by atoms with Crippen LogP contribution in [0.3, 0.4) is 0 Å². The first-order chi connectivity index (χ1) is 11.6. The molecule has 0 heterocycles. The molecule has 0 fully saturated rings. The standard InChI is InChI=1S/C19H22N2O3/c1-14-3-7-16(8-4-14)21-19(23)13-18(22)20-12-11-15-5-9-17(24-2)10-6-15/h3-10H,11-13H2,1-2H3,(H,20,22)(H,21,23). The molecule has 0 spiro atoms. The second-order valence-corrected chi connectivity index (χ2v) is 5.54. The molecule has 0 unspecified atom stereocenters. The first kappa shape index (κ1) is 17.5. The van der Waals surface area contributed by atoms with Gasteiger partial charge in [-0.3, -0.25) is 9.59 Å². The number of methoxy groups -OCH3 is 1. The van der Waals surface area contributed by atoms with Crippen molar-refractivity contribution in [3.05, 3.63) is 59.7 Å². The highest BCUT2D eigenvalue weighted by Crippen LogP contribution is 2.11. The summed E-state index contributed by atoms with van der Waals surface area (Å²) in [6.45, 7) is 2.46. The Morgan fingerprint density at radius 3 is 2.25 bits per heavy atom. The highest BCUT2D eigenvalue weighted by Gasteiger charge is 2.09. The molecule has 2 amide bonds. The second kappa shape index (κ2) is 8.72. The summed E-state index contributed by atoms with van der Waals surface area (Å²) in [5, 5.41) is 5.46. The first-order valence-electron chi connectivity index (χ1n) is 7.83. The van der Waals surface area contributed by atoms with Crippen molar-refractivity contribution in [3.63, 3.8) is 0 Å². The summed E-state index contributed by atoms with van der Waals surface area (Å²) in [5.41, 5.74) is 2.90. The molecule has 0 aliphatic heterocycles. The minimum Gasteiger partial charge on any atom is -0.497 e. The summed E-state index contributed by atoms with van der Waals surface area (Å²) in [6, 6.07) is 15.1. The van der Waals surface area contributed by atoms with E-state index in [0.29, 0.717) is 18.7 Å². The SMILES string of the molecule is COc1ccc(CCNC(=O)CC(=O)Nc2ccc(C)cc2)cc1. The molecule has 0 aliphatic carbocycles. The van der Waals surface area contributed by atoms with Crippen LogP contribution in [-0.2, 0) is 16.0 Å². The number of hydrogen-bond donors (Lipinski definition) is 2. The van der Waals surface area contributed by atoms with E-state index in [2.05, 4.69) is 10.6 Å². The van der Waals surface area contributed by atoms with Crippen molar-refractivity contribution >= 4 is 17.5 Å². The predicted octanol–water partition coefficient (Wildman–Crippen LogP) is 2.69. The number of nitrogens with one attached hydrogen (secondary N) is 2. The fraction of sp³-hybridized carbons (Fsp3) is 0.263. The summed E-state index contributed by atoms with van der Waals surface area (Å²) in [5.74, 6) is 0.199. The fourth-order valence-electron chi connectivity index (χ4n) is 2.19. The van der Waals surface area contributed by atoms with Gasteiger partial charge in [0.15, 0.2) is 0 Å². The number of aryl methyl sites for hydroxylation is 1. The molecule has 0 aromatic heterocycles. The molecule has 2 aromatic rings. The molecule has 24 heavy (non-hydrogen) atoms. The molecule has 0 atom stereocenters. The third-order valence-corrected chi connectivity index (χ3v) is 3.55. The largest absolute Gasteiger partial charge is 0.497 e. The first-order valence-corrected chi connectivity index (χ1v) is 7.83. The molecule has 0 saturated heterocycles. The number of hydrogen-bond acceptors (Lipinski definition) is 3. The van der Waals surface area contributed by atoms with Crippen molar-refractivity contribution in [1.82, 2.24) is 5.32 Å². The van der Waals surface area contributed by atoms with Crippen molar-refractivity contribution in [2.24, 2.45) is 0 Å². The maximum Gasteiger partial charge on any atom is 0.233 e. The smallest absolute Gasteiger partial charge is 0.233 e. The number of carbonyl (C=O) groups excluding carboxylic acids is 2. The molecule has 0 saturated carbocycles. The zero-order valence-electron chi connectivity index (χ0n) is 14.0. The highest BCUT2D eigenvalue weighted by atomic mass is 16.5. The van der Waals surface area contributed by atoms with Crippen LogP contribution >= 0.6 is 0 Å². The predicted molar refractivity (Wildman–Crippen MR) is 94.1 cm³/mol. The molecule has 2 N–H and O–H groups in total. The topological polar surface area (TPSA) is 67.4 Å². The van der Waals surface area contributed by atoms with Gasteiger partial charge in [-0.25, -0.2) is 0 Å². The van der Waals surface area contributed by atoms with E-state index in [1.54, 1.807) is 7.11 Å². The van der Waals surface area contributed by atoms with Crippen molar-refractivity contribution in [3.8, 4) is 5.75 Å². The molecule has 0 aliphatic rings. The Bertz CT molecular complexity index is 679. The van der Waals surface area contributed by atoms with E-state index < -0.39 is 0 Å². The number of ether oxygens (including phenoxy) is 1. The molecule has 2 rings (SSSR count). The van der Waals surface area contributed by atoms with Gasteiger partial charge in [-0.05, 0) is 43.2 Å². The van der Waals surface area contributed by atoms with Crippen molar-refractivity contribution in [2.45, 2.75) is 19.8 Å². The zero-order chi connectivity index (χ0) is 17.4. The van der Waals surface area contributed by atoms with Crippen LogP contribution in [-0.4, -0.2) is 25.5 Å². The Morgan fingerprint density at radius 2 is 1.62 bits per heavy atom. The van der Waals surface area contributed by atoms with Gasteiger partial charge in [-0.2, -0.15) is 0 Å². The molecular formula is C19H22N2O3. The lowest BCUT2D eigenvalue weighted by Crippen LogP contribution is -2.29. The number of anilines is 1. The normalized spacial score (nSPS) is 10.1. The van der Waals surface area contributed by atoms with Gasteiger partial charge >= 0.3 is 0 Å². The summed E-state index contributed by atoms with van der Waals surface area (Å²) in [4.78, 5) is 23.6. The summed E-state index contributed by atoms with van der Waals surface area (Å²) in [7, 11) is 1.62. The van der Waals surface area contributed by atoms with Gasteiger partial charge in [0.05, 0.1) is 7.11 Å². The molecule has 0 radical (unpaired) electrons. The average molecular weight is 326 g/mol. The van der Waals surface area contributed by atoms with Crippen molar-refractivity contribution in [1.29, 1.82) is 0 Å². The lowest BCUT2D eigenvalue weighted by atomic mass is 10.1. The van der Waals surface area contributed by atoms with Crippen LogP contribution in [0, 0.1) is 6.92 Å².